The minimum absolute atomic E-state index is 0.121. The SMILES string of the molecule is C[C@H]1COCCN1c1nc2c(c(-c3ccc(NC(=O)NC4CC4)cc3)n1)CN(C(=O)CCN(C)C)C2. The number of anilines is 2. The molecule has 2 N–H and O–H groups in total. The summed E-state index contributed by atoms with van der Waals surface area (Å²) in [6.07, 6.45) is 2.56. The van der Waals surface area contributed by atoms with Gasteiger partial charge in [0, 0.05) is 42.4 Å². The maximum Gasteiger partial charge on any atom is 0.319 e. The summed E-state index contributed by atoms with van der Waals surface area (Å²) in [5, 5.41) is 5.83. The van der Waals surface area contributed by atoms with Gasteiger partial charge in [0.25, 0.3) is 0 Å². The summed E-state index contributed by atoms with van der Waals surface area (Å²) in [7, 11) is 3.94. The second kappa shape index (κ2) is 10.4. The summed E-state index contributed by atoms with van der Waals surface area (Å²) < 4.78 is 5.61. The second-order valence-electron chi connectivity index (χ2n) is 10.2. The van der Waals surface area contributed by atoms with Crippen LogP contribution in [0, 0.1) is 0 Å². The van der Waals surface area contributed by atoms with Crippen molar-refractivity contribution in [3.63, 3.8) is 0 Å². The molecule has 3 heterocycles. The lowest BCUT2D eigenvalue weighted by atomic mass is 10.1. The fraction of sp³-hybridized carbons (Fsp3) is 0.538. The summed E-state index contributed by atoms with van der Waals surface area (Å²) in [6, 6.07) is 8.02. The Kier molecular flexibility index (Phi) is 7.06. The molecule has 5 rings (SSSR count). The number of ether oxygens (including phenoxy) is 1. The van der Waals surface area contributed by atoms with Gasteiger partial charge in [-0.15, -0.1) is 0 Å². The van der Waals surface area contributed by atoms with Crippen molar-refractivity contribution in [2.45, 2.75) is 51.4 Å². The predicted molar refractivity (Wildman–Crippen MR) is 138 cm³/mol. The topological polar surface area (TPSA) is 103 Å². The maximum atomic E-state index is 12.9. The molecule has 10 heteroatoms. The Morgan fingerprint density at radius 1 is 1.14 bits per heavy atom. The number of carbonyl (C=O) groups is 2. The third kappa shape index (κ3) is 5.60. The Balaban J connectivity index is 1.41. The molecule has 192 valence electrons. The third-order valence-corrected chi connectivity index (χ3v) is 6.85. The number of benzene rings is 1. The zero-order chi connectivity index (χ0) is 25.2. The number of nitrogens with zero attached hydrogens (tertiary/aromatic N) is 5. The third-order valence-electron chi connectivity index (χ3n) is 6.85. The molecule has 1 aliphatic carbocycles. The van der Waals surface area contributed by atoms with E-state index in [0.717, 1.165) is 47.6 Å². The summed E-state index contributed by atoms with van der Waals surface area (Å²) >= 11 is 0. The van der Waals surface area contributed by atoms with Crippen LogP contribution in [0.25, 0.3) is 11.3 Å². The number of fused-ring (bicyclic) bond motifs is 1. The molecule has 2 aliphatic heterocycles. The molecular formula is C26H35N7O3. The number of amides is 3. The van der Waals surface area contributed by atoms with Crippen molar-refractivity contribution in [1.29, 1.82) is 0 Å². The highest BCUT2D eigenvalue weighted by Gasteiger charge is 2.31. The van der Waals surface area contributed by atoms with Crippen molar-refractivity contribution in [2.24, 2.45) is 0 Å². The minimum atomic E-state index is -0.177. The summed E-state index contributed by atoms with van der Waals surface area (Å²) in [5.74, 6) is 0.795. The van der Waals surface area contributed by atoms with E-state index in [0.29, 0.717) is 51.3 Å². The fourth-order valence-corrected chi connectivity index (χ4v) is 4.58. The summed E-state index contributed by atoms with van der Waals surface area (Å²) in [6.45, 7) is 5.81. The van der Waals surface area contributed by atoms with Crippen LogP contribution in [0.5, 0.6) is 0 Å². The molecule has 1 saturated carbocycles. The van der Waals surface area contributed by atoms with E-state index < -0.39 is 0 Å². The number of rotatable bonds is 7. The molecule has 0 radical (unpaired) electrons. The van der Waals surface area contributed by atoms with Crippen LogP contribution in [0.3, 0.4) is 0 Å². The number of nitrogens with one attached hydrogen (secondary N) is 2. The zero-order valence-electron chi connectivity index (χ0n) is 21.3. The van der Waals surface area contributed by atoms with Crippen LogP contribution in [-0.4, -0.2) is 84.2 Å². The fourth-order valence-electron chi connectivity index (χ4n) is 4.58. The summed E-state index contributed by atoms with van der Waals surface area (Å²) in [5.41, 5.74) is 4.39. The molecule has 10 nitrogen and oxygen atoms in total. The Bertz CT molecular complexity index is 1120. The van der Waals surface area contributed by atoms with Gasteiger partial charge in [-0.25, -0.2) is 14.8 Å². The lowest BCUT2D eigenvalue weighted by Gasteiger charge is -2.33. The first-order chi connectivity index (χ1) is 17.4. The van der Waals surface area contributed by atoms with Gasteiger partial charge in [0.05, 0.1) is 43.7 Å². The molecule has 3 aliphatic rings. The van der Waals surface area contributed by atoms with E-state index >= 15 is 0 Å². The van der Waals surface area contributed by atoms with Crippen molar-refractivity contribution >= 4 is 23.6 Å². The Morgan fingerprint density at radius 2 is 1.92 bits per heavy atom. The van der Waals surface area contributed by atoms with Crippen molar-refractivity contribution in [2.75, 3.05) is 50.6 Å². The van der Waals surface area contributed by atoms with Crippen LogP contribution in [0.1, 0.15) is 37.4 Å². The van der Waals surface area contributed by atoms with E-state index in [2.05, 4.69) is 22.5 Å². The molecule has 0 unspecified atom stereocenters. The van der Waals surface area contributed by atoms with Crippen LogP contribution in [0.15, 0.2) is 24.3 Å². The van der Waals surface area contributed by atoms with Crippen LogP contribution in [0.4, 0.5) is 16.4 Å². The molecule has 1 atom stereocenters. The average Bonchev–Trinajstić information content (AvgIpc) is 3.56. The first kappa shape index (κ1) is 24.5. The monoisotopic (exact) mass is 493 g/mol. The van der Waals surface area contributed by atoms with Gasteiger partial charge >= 0.3 is 6.03 Å². The van der Waals surface area contributed by atoms with E-state index in [9.17, 15) is 9.59 Å². The molecule has 1 aromatic carbocycles. The highest BCUT2D eigenvalue weighted by molar-refractivity contribution is 5.90. The lowest BCUT2D eigenvalue weighted by molar-refractivity contribution is -0.132. The Hall–Kier alpha value is -3.24. The normalized spacial score (nSPS) is 19.4. The standard InChI is InChI=1S/C26H35N7O3/c1-17-16-36-13-12-33(17)25-29-22-15-32(23(34)10-11-31(2)3)14-21(22)24(30-25)18-4-6-19(7-5-18)27-26(35)28-20-8-9-20/h4-7,17,20H,8-16H2,1-3H3,(H2,27,28,35)/t17-/m0/s1. The highest BCUT2D eigenvalue weighted by Crippen LogP contribution is 2.34. The molecule has 0 spiro atoms. The largest absolute Gasteiger partial charge is 0.377 e. The van der Waals surface area contributed by atoms with Crippen molar-refractivity contribution in [3.8, 4) is 11.3 Å². The van der Waals surface area contributed by atoms with E-state index in [1.807, 2.05) is 48.2 Å². The van der Waals surface area contributed by atoms with E-state index in [1.54, 1.807) is 0 Å². The number of aromatic nitrogens is 2. The van der Waals surface area contributed by atoms with Crippen molar-refractivity contribution in [1.82, 2.24) is 25.1 Å². The molecule has 1 aromatic heterocycles. The lowest BCUT2D eigenvalue weighted by Crippen LogP contribution is -2.44. The van der Waals surface area contributed by atoms with Crippen molar-refractivity contribution in [3.05, 3.63) is 35.5 Å². The van der Waals surface area contributed by atoms with E-state index in [-0.39, 0.29) is 18.0 Å². The van der Waals surface area contributed by atoms with E-state index in [1.165, 1.54) is 0 Å². The maximum absolute atomic E-state index is 12.9. The molecule has 36 heavy (non-hydrogen) atoms. The minimum Gasteiger partial charge on any atom is -0.377 e. The van der Waals surface area contributed by atoms with Gasteiger partial charge in [0.2, 0.25) is 11.9 Å². The predicted octanol–water partition coefficient (Wildman–Crippen LogP) is 2.45. The van der Waals surface area contributed by atoms with E-state index in [4.69, 9.17) is 14.7 Å². The van der Waals surface area contributed by atoms with Crippen molar-refractivity contribution < 1.29 is 14.3 Å². The van der Waals surface area contributed by atoms with Crippen LogP contribution in [-0.2, 0) is 22.6 Å². The van der Waals surface area contributed by atoms with Gasteiger partial charge in [-0.2, -0.15) is 0 Å². The smallest absolute Gasteiger partial charge is 0.319 e. The number of hydrogen-bond acceptors (Lipinski definition) is 7. The van der Waals surface area contributed by atoms with Crippen LogP contribution >= 0.6 is 0 Å². The first-order valence-electron chi connectivity index (χ1n) is 12.7. The van der Waals surface area contributed by atoms with Gasteiger partial charge < -0.3 is 30.1 Å². The van der Waals surface area contributed by atoms with Crippen LogP contribution < -0.4 is 15.5 Å². The Morgan fingerprint density at radius 3 is 2.61 bits per heavy atom. The molecule has 3 amide bonds. The van der Waals surface area contributed by atoms with Gasteiger partial charge in [-0.3, -0.25) is 4.79 Å². The van der Waals surface area contributed by atoms with Gasteiger partial charge in [-0.1, -0.05) is 12.1 Å². The number of urea groups is 1. The first-order valence-corrected chi connectivity index (χ1v) is 12.7. The second-order valence-corrected chi connectivity index (χ2v) is 10.2. The molecule has 0 bridgehead atoms. The average molecular weight is 494 g/mol. The molecule has 2 fully saturated rings. The quantitative estimate of drug-likeness (QED) is 0.611. The Labute approximate surface area is 212 Å². The number of carbonyl (C=O) groups excluding carboxylic acids is 2. The summed E-state index contributed by atoms with van der Waals surface area (Å²) in [4.78, 5) is 41.0. The van der Waals surface area contributed by atoms with Crippen LogP contribution in [0.2, 0.25) is 0 Å². The number of hydrogen-bond donors (Lipinski definition) is 2. The van der Waals surface area contributed by atoms with Gasteiger partial charge in [0.1, 0.15) is 0 Å². The number of morpholine rings is 1. The molecule has 2 aromatic rings. The van der Waals surface area contributed by atoms with Gasteiger partial charge in [0.15, 0.2) is 0 Å². The zero-order valence-corrected chi connectivity index (χ0v) is 21.3. The highest BCUT2D eigenvalue weighted by atomic mass is 16.5. The van der Waals surface area contributed by atoms with Gasteiger partial charge in [-0.05, 0) is 46.0 Å². The molecular weight excluding hydrogens is 458 g/mol. The molecule has 1 saturated heterocycles.